The van der Waals surface area contributed by atoms with Crippen LogP contribution in [0.2, 0.25) is 0 Å². The molecule has 0 aliphatic rings. The number of nitrogens with zero attached hydrogens (tertiary/aromatic N) is 4. The molecule has 0 saturated heterocycles. The van der Waals surface area contributed by atoms with Crippen LogP contribution in [-0.2, 0) is 14.8 Å². The number of amides is 1. The molecule has 12 heteroatoms. The van der Waals surface area contributed by atoms with Crippen molar-refractivity contribution in [2.75, 3.05) is 44.2 Å². The minimum Gasteiger partial charge on any atom is -0.411 e. The lowest BCUT2D eigenvalue weighted by Gasteiger charge is -2.20. The number of nitrogens with one attached hydrogen (secondary N) is 1. The Hall–Kier alpha value is -2.96. The Bertz CT molecular complexity index is 1210. The van der Waals surface area contributed by atoms with Gasteiger partial charge in [-0.1, -0.05) is 11.8 Å². The van der Waals surface area contributed by atoms with Crippen LogP contribution in [0.5, 0.6) is 0 Å². The third-order valence-electron chi connectivity index (χ3n) is 4.33. The molecule has 0 radical (unpaired) electrons. The van der Waals surface area contributed by atoms with Gasteiger partial charge in [-0.15, -0.1) is 10.2 Å². The van der Waals surface area contributed by atoms with Crippen LogP contribution in [0.3, 0.4) is 0 Å². The first-order valence-corrected chi connectivity index (χ1v) is 11.8. The minimum atomic E-state index is -3.66. The number of carbonyl (C=O) groups excluding carboxylic acids is 1. The number of benzene rings is 2. The zero-order valence-electron chi connectivity index (χ0n) is 17.9. The number of halogens is 1. The van der Waals surface area contributed by atoms with Crippen LogP contribution in [0, 0.1) is 5.82 Å². The van der Waals surface area contributed by atoms with Gasteiger partial charge in [-0.05, 0) is 42.5 Å². The molecule has 1 aromatic heterocycles. The second kappa shape index (κ2) is 9.67. The maximum atomic E-state index is 13.1. The van der Waals surface area contributed by atoms with Gasteiger partial charge in [-0.25, -0.2) is 17.1 Å². The number of aromatic nitrogens is 2. The summed E-state index contributed by atoms with van der Waals surface area (Å²) in [6.45, 7) is 0. The van der Waals surface area contributed by atoms with Crippen LogP contribution in [0.4, 0.5) is 15.8 Å². The average Bonchev–Trinajstić information content (AvgIpc) is 3.21. The predicted octanol–water partition coefficient (Wildman–Crippen LogP) is 2.92. The first-order chi connectivity index (χ1) is 15.1. The van der Waals surface area contributed by atoms with Crippen molar-refractivity contribution in [2.24, 2.45) is 0 Å². The van der Waals surface area contributed by atoms with Crippen molar-refractivity contribution in [3.05, 3.63) is 48.3 Å². The fourth-order valence-corrected chi connectivity index (χ4v) is 4.16. The lowest BCUT2D eigenvalue weighted by molar-refractivity contribution is -0.113. The van der Waals surface area contributed by atoms with E-state index in [0.29, 0.717) is 16.9 Å². The Balaban J connectivity index is 1.71. The molecule has 1 heterocycles. The van der Waals surface area contributed by atoms with Gasteiger partial charge in [-0.3, -0.25) is 4.79 Å². The number of thioether (sulfide) groups is 1. The highest BCUT2D eigenvalue weighted by Crippen LogP contribution is 2.29. The van der Waals surface area contributed by atoms with E-state index in [1.54, 1.807) is 25.1 Å². The summed E-state index contributed by atoms with van der Waals surface area (Å²) in [5.41, 5.74) is 1.57. The van der Waals surface area contributed by atoms with Gasteiger partial charge in [0.1, 0.15) is 5.82 Å². The standard InChI is InChI=1S/C20H22FN5O4S2/c1-25(2)17-10-9-15(32(28,29)26(3)4)11-16(17)22-18(27)12-31-20-24-23-19(30-20)13-5-7-14(21)8-6-13/h5-11H,12H2,1-4H3,(H,22,27). The summed E-state index contributed by atoms with van der Waals surface area (Å²) in [5.74, 6) is -0.578. The van der Waals surface area contributed by atoms with Gasteiger partial charge in [-0.2, -0.15) is 0 Å². The van der Waals surface area contributed by atoms with Crippen LogP contribution >= 0.6 is 11.8 Å². The Morgan fingerprint density at radius 2 is 1.78 bits per heavy atom. The highest BCUT2D eigenvalue weighted by atomic mass is 32.2. The summed E-state index contributed by atoms with van der Waals surface area (Å²) in [6.07, 6.45) is 0. The number of carbonyl (C=O) groups is 1. The van der Waals surface area contributed by atoms with Gasteiger partial charge in [0, 0.05) is 33.8 Å². The molecule has 170 valence electrons. The van der Waals surface area contributed by atoms with E-state index in [4.69, 9.17) is 4.42 Å². The normalized spacial score (nSPS) is 11.6. The van der Waals surface area contributed by atoms with Crippen molar-refractivity contribution >= 4 is 39.1 Å². The topological polar surface area (TPSA) is 109 Å². The summed E-state index contributed by atoms with van der Waals surface area (Å²) >= 11 is 1.03. The highest BCUT2D eigenvalue weighted by Gasteiger charge is 2.20. The van der Waals surface area contributed by atoms with E-state index in [2.05, 4.69) is 15.5 Å². The van der Waals surface area contributed by atoms with E-state index < -0.39 is 10.0 Å². The first kappa shape index (κ1) is 23.7. The van der Waals surface area contributed by atoms with Crippen molar-refractivity contribution in [2.45, 2.75) is 10.1 Å². The van der Waals surface area contributed by atoms with Crippen LogP contribution in [0.25, 0.3) is 11.5 Å². The lowest BCUT2D eigenvalue weighted by Crippen LogP contribution is -2.23. The van der Waals surface area contributed by atoms with E-state index in [1.807, 2.05) is 0 Å². The molecule has 3 rings (SSSR count). The zero-order chi connectivity index (χ0) is 23.5. The Morgan fingerprint density at radius 3 is 2.41 bits per heavy atom. The fourth-order valence-electron chi connectivity index (χ4n) is 2.67. The Kier molecular flexibility index (Phi) is 7.16. The maximum Gasteiger partial charge on any atom is 0.277 e. The molecule has 32 heavy (non-hydrogen) atoms. The van der Waals surface area contributed by atoms with E-state index in [1.165, 1.54) is 50.5 Å². The molecule has 0 atom stereocenters. The van der Waals surface area contributed by atoms with Gasteiger partial charge in [0.2, 0.25) is 21.8 Å². The number of hydrogen-bond acceptors (Lipinski definition) is 8. The minimum absolute atomic E-state index is 0.0391. The van der Waals surface area contributed by atoms with Crippen molar-refractivity contribution < 1.29 is 22.0 Å². The molecular formula is C20H22FN5O4S2. The third kappa shape index (κ3) is 5.44. The molecule has 0 saturated carbocycles. The van der Waals surface area contributed by atoms with Crippen molar-refractivity contribution in [3.63, 3.8) is 0 Å². The Labute approximate surface area is 189 Å². The molecule has 0 spiro atoms. The molecule has 0 fully saturated rings. The number of anilines is 2. The molecule has 0 aliphatic heterocycles. The fraction of sp³-hybridized carbons (Fsp3) is 0.250. The molecular weight excluding hydrogens is 457 g/mol. The van der Waals surface area contributed by atoms with Gasteiger partial charge >= 0.3 is 0 Å². The molecule has 0 bridgehead atoms. The molecule has 3 aromatic rings. The third-order valence-corrected chi connectivity index (χ3v) is 6.96. The number of hydrogen-bond donors (Lipinski definition) is 1. The largest absolute Gasteiger partial charge is 0.411 e. The summed E-state index contributed by atoms with van der Waals surface area (Å²) in [5, 5.41) is 10.7. The van der Waals surface area contributed by atoms with Crippen molar-refractivity contribution in [3.8, 4) is 11.5 Å². The van der Waals surface area contributed by atoms with Crippen molar-refractivity contribution in [1.82, 2.24) is 14.5 Å². The lowest BCUT2D eigenvalue weighted by atomic mass is 10.2. The molecule has 1 amide bonds. The van der Waals surface area contributed by atoms with E-state index >= 15 is 0 Å². The molecule has 0 unspecified atom stereocenters. The van der Waals surface area contributed by atoms with Crippen LogP contribution in [-0.4, -0.2) is 62.8 Å². The summed E-state index contributed by atoms with van der Waals surface area (Å²) in [6, 6.07) is 10.1. The summed E-state index contributed by atoms with van der Waals surface area (Å²) < 4.78 is 44.6. The highest BCUT2D eigenvalue weighted by molar-refractivity contribution is 7.99. The molecule has 1 N–H and O–H groups in total. The van der Waals surface area contributed by atoms with Crippen molar-refractivity contribution in [1.29, 1.82) is 0 Å². The average molecular weight is 480 g/mol. The number of sulfonamides is 1. The second-order valence-corrected chi connectivity index (χ2v) is 10.2. The first-order valence-electron chi connectivity index (χ1n) is 9.34. The monoisotopic (exact) mass is 479 g/mol. The van der Waals surface area contributed by atoms with Gasteiger partial charge in [0.05, 0.1) is 22.0 Å². The predicted molar refractivity (Wildman–Crippen MR) is 121 cm³/mol. The Morgan fingerprint density at radius 1 is 1.09 bits per heavy atom. The quantitative estimate of drug-likeness (QED) is 0.491. The zero-order valence-corrected chi connectivity index (χ0v) is 19.5. The molecule has 2 aromatic carbocycles. The number of rotatable bonds is 8. The summed E-state index contributed by atoms with van der Waals surface area (Å²) in [7, 11) is 2.79. The van der Waals surface area contributed by atoms with Crippen LogP contribution < -0.4 is 10.2 Å². The van der Waals surface area contributed by atoms with E-state index in [9.17, 15) is 17.6 Å². The SMILES string of the molecule is CN(C)c1ccc(S(=O)(=O)N(C)C)cc1NC(=O)CSc1nnc(-c2ccc(F)cc2)o1. The van der Waals surface area contributed by atoms with Crippen LogP contribution in [0.15, 0.2) is 57.0 Å². The van der Waals surface area contributed by atoms with Gasteiger partial charge < -0.3 is 14.6 Å². The van der Waals surface area contributed by atoms with E-state index in [0.717, 1.165) is 16.1 Å². The van der Waals surface area contributed by atoms with Gasteiger partial charge in [0.15, 0.2) is 0 Å². The molecule has 9 nitrogen and oxygen atoms in total. The van der Waals surface area contributed by atoms with E-state index in [-0.39, 0.29) is 33.5 Å². The second-order valence-electron chi connectivity index (χ2n) is 7.08. The van der Waals surface area contributed by atoms with Crippen LogP contribution in [0.1, 0.15) is 0 Å². The van der Waals surface area contributed by atoms with Gasteiger partial charge in [0.25, 0.3) is 5.22 Å². The summed E-state index contributed by atoms with van der Waals surface area (Å²) in [4.78, 5) is 14.4. The molecule has 0 aliphatic carbocycles. The smallest absolute Gasteiger partial charge is 0.277 e. The maximum absolute atomic E-state index is 13.1.